The van der Waals surface area contributed by atoms with Gasteiger partial charge in [-0.15, -0.1) is 11.3 Å². The third-order valence-electron chi connectivity index (χ3n) is 2.71. The second-order valence-corrected chi connectivity index (χ2v) is 6.22. The van der Waals surface area contributed by atoms with Gasteiger partial charge < -0.3 is 15.1 Å². The number of amides is 1. The van der Waals surface area contributed by atoms with Gasteiger partial charge in [-0.25, -0.2) is 4.79 Å². The van der Waals surface area contributed by atoms with Gasteiger partial charge in [-0.1, -0.05) is 23.2 Å². The number of carboxylic acids is 1. The van der Waals surface area contributed by atoms with E-state index in [9.17, 15) is 14.7 Å². The number of aliphatic carboxylic acids is 1. The van der Waals surface area contributed by atoms with Gasteiger partial charge in [0.1, 0.15) is 10.4 Å². The standard InChI is InChI=1S/C10H9Cl2NO4S/c11-7-2-5(8(12)18-7)9(15)13-3-4(14)1-6(13)10(16)17/h2,4,6,14H,1,3H2,(H,16,17). The maximum Gasteiger partial charge on any atom is 0.326 e. The van der Waals surface area contributed by atoms with Gasteiger partial charge in [0, 0.05) is 13.0 Å². The van der Waals surface area contributed by atoms with Crippen molar-refractivity contribution in [3.8, 4) is 0 Å². The second-order valence-electron chi connectivity index (χ2n) is 3.94. The number of aliphatic hydroxyl groups excluding tert-OH is 1. The van der Waals surface area contributed by atoms with E-state index in [4.69, 9.17) is 28.3 Å². The highest BCUT2D eigenvalue weighted by Gasteiger charge is 2.40. The lowest BCUT2D eigenvalue weighted by atomic mass is 10.2. The summed E-state index contributed by atoms with van der Waals surface area (Å²) in [5.41, 5.74) is 0.173. The molecule has 2 heterocycles. The van der Waals surface area contributed by atoms with Gasteiger partial charge in [0.05, 0.1) is 16.0 Å². The maximum atomic E-state index is 12.2. The van der Waals surface area contributed by atoms with E-state index >= 15 is 0 Å². The Morgan fingerprint density at radius 1 is 1.44 bits per heavy atom. The zero-order valence-corrected chi connectivity index (χ0v) is 11.3. The second kappa shape index (κ2) is 5.05. The molecule has 2 unspecified atom stereocenters. The molecular weight excluding hydrogens is 301 g/mol. The van der Waals surface area contributed by atoms with Crippen molar-refractivity contribution in [3.05, 3.63) is 20.3 Å². The fourth-order valence-electron chi connectivity index (χ4n) is 1.91. The van der Waals surface area contributed by atoms with E-state index in [1.807, 2.05) is 0 Å². The molecule has 1 saturated heterocycles. The number of nitrogens with zero attached hydrogens (tertiary/aromatic N) is 1. The Balaban J connectivity index is 2.28. The molecule has 0 aliphatic carbocycles. The lowest BCUT2D eigenvalue weighted by Gasteiger charge is -2.20. The van der Waals surface area contributed by atoms with Crippen LogP contribution in [0.4, 0.5) is 0 Å². The number of carbonyl (C=O) groups excluding carboxylic acids is 1. The summed E-state index contributed by atoms with van der Waals surface area (Å²) in [7, 11) is 0. The Labute approximate surface area is 117 Å². The Kier molecular flexibility index (Phi) is 3.82. The van der Waals surface area contributed by atoms with Gasteiger partial charge in [-0.3, -0.25) is 4.79 Å². The van der Waals surface area contributed by atoms with Gasteiger partial charge >= 0.3 is 5.97 Å². The molecule has 1 amide bonds. The quantitative estimate of drug-likeness (QED) is 0.872. The van der Waals surface area contributed by atoms with Crippen molar-refractivity contribution >= 4 is 46.4 Å². The minimum Gasteiger partial charge on any atom is -0.480 e. The number of thiophene rings is 1. The summed E-state index contributed by atoms with van der Waals surface area (Å²) in [6.07, 6.45) is -0.806. The summed E-state index contributed by atoms with van der Waals surface area (Å²) in [5.74, 6) is -1.66. The number of halogens is 2. The molecule has 0 bridgehead atoms. The van der Waals surface area contributed by atoms with Crippen LogP contribution in [0.5, 0.6) is 0 Å². The molecule has 1 aromatic rings. The number of carbonyl (C=O) groups is 2. The average Bonchev–Trinajstić information content (AvgIpc) is 2.81. The van der Waals surface area contributed by atoms with Crippen LogP contribution in [0.2, 0.25) is 8.67 Å². The number of carboxylic acid groups (broad SMARTS) is 1. The minimum absolute atomic E-state index is 0.0143. The van der Waals surface area contributed by atoms with Crippen LogP contribution < -0.4 is 0 Å². The highest BCUT2D eigenvalue weighted by molar-refractivity contribution is 7.20. The van der Waals surface area contributed by atoms with Crippen molar-refractivity contribution in [3.63, 3.8) is 0 Å². The van der Waals surface area contributed by atoms with Crippen molar-refractivity contribution in [1.82, 2.24) is 4.90 Å². The molecule has 5 nitrogen and oxygen atoms in total. The highest BCUT2D eigenvalue weighted by atomic mass is 35.5. The van der Waals surface area contributed by atoms with Gasteiger partial charge in [0.2, 0.25) is 0 Å². The molecule has 1 aliphatic heterocycles. The summed E-state index contributed by atoms with van der Waals surface area (Å²) in [6, 6.07) is 0.378. The van der Waals surface area contributed by atoms with Crippen molar-refractivity contribution < 1.29 is 19.8 Å². The van der Waals surface area contributed by atoms with Gasteiger partial charge in [-0.05, 0) is 6.07 Å². The molecule has 0 saturated carbocycles. The van der Waals surface area contributed by atoms with E-state index in [1.165, 1.54) is 6.07 Å². The molecule has 2 rings (SSSR count). The average molecular weight is 310 g/mol. The van der Waals surface area contributed by atoms with Gasteiger partial charge in [0.25, 0.3) is 5.91 Å². The van der Waals surface area contributed by atoms with Crippen molar-refractivity contribution in [2.24, 2.45) is 0 Å². The summed E-state index contributed by atoms with van der Waals surface area (Å²) in [5, 5.41) is 18.5. The lowest BCUT2D eigenvalue weighted by Crippen LogP contribution is -2.40. The van der Waals surface area contributed by atoms with Gasteiger partial charge in [0.15, 0.2) is 0 Å². The third-order valence-corrected chi connectivity index (χ3v) is 4.20. The number of likely N-dealkylation sites (tertiary alicyclic amines) is 1. The zero-order valence-electron chi connectivity index (χ0n) is 8.97. The molecule has 8 heteroatoms. The lowest BCUT2D eigenvalue weighted by molar-refractivity contribution is -0.141. The van der Waals surface area contributed by atoms with E-state index in [0.717, 1.165) is 16.2 Å². The smallest absolute Gasteiger partial charge is 0.326 e. The molecule has 1 fully saturated rings. The predicted molar refractivity (Wildman–Crippen MR) is 67.4 cm³/mol. The van der Waals surface area contributed by atoms with Crippen LogP contribution in [-0.4, -0.2) is 45.7 Å². The van der Waals surface area contributed by atoms with E-state index in [1.54, 1.807) is 0 Å². The molecule has 98 valence electrons. The number of hydrogen-bond acceptors (Lipinski definition) is 4. The summed E-state index contributed by atoms with van der Waals surface area (Å²) in [4.78, 5) is 24.3. The van der Waals surface area contributed by atoms with Crippen molar-refractivity contribution in [2.75, 3.05) is 6.54 Å². The van der Waals surface area contributed by atoms with Crippen LogP contribution in [0, 0.1) is 0 Å². The molecule has 1 aliphatic rings. The Morgan fingerprint density at radius 2 is 2.11 bits per heavy atom. The van der Waals surface area contributed by atoms with Crippen LogP contribution in [0.3, 0.4) is 0 Å². The fraction of sp³-hybridized carbons (Fsp3) is 0.400. The van der Waals surface area contributed by atoms with E-state index in [0.29, 0.717) is 4.34 Å². The SMILES string of the molecule is O=C(O)C1CC(O)CN1C(=O)c1cc(Cl)sc1Cl. The van der Waals surface area contributed by atoms with Crippen LogP contribution >= 0.6 is 34.5 Å². The molecule has 2 N–H and O–H groups in total. The van der Waals surface area contributed by atoms with Crippen LogP contribution in [-0.2, 0) is 4.79 Å². The van der Waals surface area contributed by atoms with Crippen LogP contribution in [0.25, 0.3) is 0 Å². The van der Waals surface area contributed by atoms with E-state index < -0.39 is 24.0 Å². The first-order valence-electron chi connectivity index (χ1n) is 5.07. The maximum absolute atomic E-state index is 12.2. The van der Waals surface area contributed by atoms with Crippen LogP contribution in [0.1, 0.15) is 16.8 Å². The largest absolute Gasteiger partial charge is 0.480 e. The molecule has 0 aromatic carbocycles. The normalized spacial score (nSPS) is 23.4. The molecule has 18 heavy (non-hydrogen) atoms. The van der Waals surface area contributed by atoms with Crippen molar-refractivity contribution in [1.29, 1.82) is 0 Å². The summed E-state index contributed by atoms with van der Waals surface area (Å²) >= 11 is 12.6. The first-order valence-corrected chi connectivity index (χ1v) is 6.64. The monoisotopic (exact) mass is 309 g/mol. The first-order chi connectivity index (χ1) is 8.40. The van der Waals surface area contributed by atoms with Crippen molar-refractivity contribution in [2.45, 2.75) is 18.6 Å². The summed E-state index contributed by atoms with van der Waals surface area (Å²) in [6.45, 7) is -0.0143. The van der Waals surface area contributed by atoms with Gasteiger partial charge in [-0.2, -0.15) is 0 Å². The number of β-amino-alcohol motifs (C(OH)–C–C–N with tert-alkyl or cyclic N) is 1. The predicted octanol–water partition coefficient (Wildman–Crippen LogP) is 1.71. The van der Waals surface area contributed by atoms with E-state index in [2.05, 4.69) is 0 Å². The molecule has 1 aromatic heterocycles. The number of rotatable bonds is 2. The third kappa shape index (κ3) is 2.47. The Morgan fingerprint density at radius 3 is 2.61 bits per heavy atom. The van der Waals surface area contributed by atoms with Crippen LogP contribution in [0.15, 0.2) is 6.07 Å². The minimum atomic E-state index is -1.14. The Hall–Kier alpha value is -0.820. The van der Waals surface area contributed by atoms with E-state index in [-0.39, 0.29) is 22.9 Å². The number of aliphatic hydroxyl groups is 1. The first kappa shape index (κ1) is 13.6. The summed E-state index contributed by atoms with van der Waals surface area (Å²) < 4.78 is 0.575. The zero-order chi connectivity index (χ0) is 13.4. The highest BCUT2D eigenvalue weighted by Crippen LogP contribution is 2.33. The molecule has 2 atom stereocenters. The topological polar surface area (TPSA) is 77.8 Å². The molecular formula is C10H9Cl2NO4S. The fourth-order valence-corrected chi connectivity index (χ4v) is 3.36. The molecule has 0 radical (unpaired) electrons. The number of hydrogen-bond donors (Lipinski definition) is 2. The molecule has 0 spiro atoms. The Bertz CT molecular complexity index is 504.